The molecule has 0 atom stereocenters. The first kappa shape index (κ1) is 24.0. The summed E-state index contributed by atoms with van der Waals surface area (Å²) in [6.45, 7) is 0. The van der Waals surface area contributed by atoms with E-state index in [0.717, 1.165) is 30.0 Å². The summed E-state index contributed by atoms with van der Waals surface area (Å²) in [5.41, 5.74) is 1.41. The number of rotatable bonds is 8. The molecule has 3 rings (SSSR count). The Hall–Kier alpha value is -3.64. The Balaban J connectivity index is 1.89. The third kappa shape index (κ3) is 6.43. The highest BCUT2D eigenvalue weighted by Gasteiger charge is 2.17. The standard InChI is InChI=1S/C19H18FN7O4S2/c20-17-11-24-19(27-18(17)25-13-5-3-12(4-6-13)2-1-7-21)26-14-8-15(32(22,28)29)10-16(9-14)33(23,30)31/h3-6,8-11H,1-2H2,(H2,22,28,29)(H2,23,30,31)(H2,24,25,26,27). The lowest BCUT2D eigenvalue weighted by Gasteiger charge is -2.11. The van der Waals surface area contributed by atoms with Crippen molar-refractivity contribution in [3.63, 3.8) is 0 Å². The van der Waals surface area contributed by atoms with Crippen molar-refractivity contribution in [2.75, 3.05) is 10.6 Å². The molecule has 0 radical (unpaired) electrons. The molecule has 172 valence electrons. The van der Waals surface area contributed by atoms with Crippen molar-refractivity contribution in [2.24, 2.45) is 10.3 Å². The van der Waals surface area contributed by atoms with Gasteiger partial charge in [-0.3, -0.25) is 0 Å². The van der Waals surface area contributed by atoms with Crippen molar-refractivity contribution in [3.05, 3.63) is 60.0 Å². The Morgan fingerprint density at radius 1 is 0.939 bits per heavy atom. The summed E-state index contributed by atoms with van der Waals surface area (Å²) < 4.78 is 61.1. The maximum Gasteiger partial charge on any atom is 0.238 e. The van der Waals surface area contributed by atoms with E-state index in [0.29, 0.717) is 18.5 Å². The molecule has 6 N–H and O–H groups in total. The third-order valence-electron chi connectivity index (χ3n) is 4.28. The normalized spacial score (nSPS) is 11.6. The predicted molar refractivity (Wildman–Crippen MR) is 118 cm³/mol. The lowest BCUT2D eigenvalue weighted by molar-refractivity contribution is 0.596. The maximum absolute atomic E-state index is 14.2. The van der Waals surface area contributed by atoms with E-state index in [4.69, 9.17) is 15.5 Å². The van der Waals surface area contributed by atoms with E-state index in [1.54, 1.807) is 24.3 Å². The van der Waals surface area contributed by atoms with Crippen LogP contribution in [0.4, 0.5) is 27.5 Å². The molecule has 0 unspecified atom stereocenters. The third-order valence-corrected chi connectivity index (χ3v) is 6.07. The minimum Gasteiger partial charge on any atom is -0.338 e. The second kappa shape index (κ2) is 9.46. The largest absolute Gasteiger partial charge is 0.338 e. The summed E-state index contributed by atoms with van der Waals surface area (Å²) in [4.78, 5) is 6.77. The Morgan fingerprint density at radius 2 is 1.55 bits per heavy atom. The lowest BCUT2D eigenvalue weighted by Crippen LogP contribution is -2.16. The molecule has 3 aromatic rings. The maximum atomic E-state index is 14.2. The molecule has 0 aliphatic carbocycles. The van der Waals surface area contributed by atoms with E-state index in [9.17, 15) is 21.2 Å². The number of anilines is 4. The molecule has 0 saturated carbocycles. The molecular weight excluding hydrogens is 473 g/mol. The van der Waals surface area contributed by atoms with E-state index in [1.165, 1.54) is 0 Å². The van der Waals surface area contributed by atoms with Gasteiger partial charge in [-0.1, -0.05) is 12.1 Å². The van der Waals surface area contributed by atoms with Crippen LogP contribution in [0.5, 0.6) is 0 Å². The van der Waals surface area contributed by atoms with Crippen LogP contribution in [0.2, 0.25) is 0 Å². The minimum absolute atomic E-state index is 0.0510. The molecule has 0 aliphatic heterocycles. The Morgan fingerprint density at radius 3 is 2.09 bits per heavy atom. The van der Waals surface area contributed by atoms with Crippen molar-refractivity contribution in [1.82, 2.24) is 9.97 Å². The first-order valence-corrected chi connectivity index (χ1v) is 12.3. The van der Waals surface area contributed by atoms with Crippen molar-refractivity contribution < 1.29 is 21.2 Å². The number of primary sulfonamides is 2. The van der Waals surface area contributed by atoms with Crippen LogP contribution in [-0.4, -0.2) is 26.8 Å². The molecule has 2 aromatic carbocycles. The molecule has 0 aliphatic rings. The summed E-state index contributed by atoms with van der Waals surface area (Å²) in [7, 11) is -8.51. The first-order valence-electron chi connectivity index (χ1n) is 9.19. The zero-order chi connectivity index (χ0) is 24.2. The van der Waals surface area contributed by atoms with Crippen LogP contribution in [0, 0.1) is 17.1 Å². The second-order valence-corrected chi connectivity index (χ2v) is 9.90. The van der Waals surface area contributed by atoms with Crippen molar-refractivity contribution in [1.29, 1.82) is 5.26 Å². The number of sulfonamides is 2. The van der Waals surface area contributed by atoms with Crippen LogP contribution in [0.1, 0.15) is 12.0 Å². The van der Waals surface area contributed by atoms with Gasteiger partial charge in [-0.05, 0) is 42.3 Å². The van der Waals surface area contributed by atoms with Crippen molar-refractivity contribution in [3.8, 4) is 6.07 Å². The SMILES string of the molecule is N#CCCc1ccc(Nc2nc(Nc3cc(S(N)(=O)=O)cc(S(N)(=O)=O)c3)ncc2F)cc1. The second-order valence-electron chi connectivity index (χ2n) is 6.78. The average Bonchev–Trinajstić information content (AvgIpc) is 2.74. The van der Waals surface area contributed by atoms with Crippen LogP contribution >= 0.6 is 0 Å². The van der Waals surface area contributed by atoms with Gasteiger partial charge in [0.1, 0.15) is 0 Å². The predicted octanol–water partition coefficient (Wildman–Crippen LogP) is 1.85. The average molecular weight is 492 g/mol. The van der Waals surface area contributed by atoms with E-state index < -0.39 is 35.7 Å². The molecular formula is C19H18FN7O4S2. The van der Waals surface area contributed by atoms with Gasteiger partial charge in [0.15, 0.2) is 11.6 Å². The molecule has 0 saturated heterocycles. The van der Waals surface area contributed by atoms with Gasteiger partial charge in [-0.15, -0.1) is 0 Å². The number of nitrogens with zero attached hydrogens (tertiary/aromatic N) is 3. The smallest absolute Gasteiger partial charge is 0.238 e. The Labute approximate surface area is 189 Å². The zero-order valence-corrected chi connectivity index (χ0v) is 18.5. The highest BCUT2D eigenvalue weighted by Crippen LogP contribution is 2.25. The first-order chi connectivity index (χ1) is 15.5. The monoisotopic (exact) mass is 491 g/mol. The van der Waals surface area contributed by atoms with Gasteiger partial charge >= 0.3 is 0 Å². The summed E-state index contributed by atoms with van der Waals surface area (Å²) in [6.07, 6.45) is 1.84. The summed E-state index contributed by atoms with van der Waals surface area (Å²) in [6, 6.07) is 11.9. The van der Waals surface area contributed by atoms with Gasteiger partial charge in [-0.25, -0.2) is 36.5 Å². The fraction of sp³-hybridized carbons (Fsp3) is 0.105. The molecule has 0 amide bonds. The van der Waals surface area contributed by atoms with Gasteiger partial charge in [0.2, 0.25) is 26.0 Å². The number of aryl methyl sites for hydroxylation is 1. The van der Waals surface area contributed by atoms with Gasteiger partial charge in [0.25, 0.3) is 0 Å². The number of benzene rings is 2. The van der Waals surface area contributed by atoms with E-state index in [2.05, 4.69) is 26.7 Å². The highest BCUT2D eigenvalue weighted by atomic mass is 32.2. The number of aromatic nitrogens is 2. The van der Waals surface area contributed by atoms with Gasteiger partial charge in [0, 0.05) is 17.8 Å². The molecule has 1 aromatic heterocycles. The van der Waals surface area contributed by atoms with Crippen LogP contribution in [-0.2, 0) is 26.5 Å². The lowest BCUT2D eigenvalue weighted by atomic mass is 10.1. The number of hydrogen-bond acceptors (Lipinski definition) is 9. The summed E-state index contributed by atoms with van der Waals surface area (Å²) in [5, 5.41) is 24.3. The zero-order valence-electron chi connectivity index (χ0n) is 16.9. The number of hydrogen-bond donors (Lipinski definition) is 4. The molecule has 1 heterocycles. The molecule has 0 spiro atoms. The van der Waals surface area contributed by atoms with Crippen LogP contribution in [0.15, 0.2) is 58.5 Å². The fourth-order valence-corrected chi connectivity index (χ4v) is 3.95. The molecule has 0 bridgehead atoms. The molecule has 0 fully saturated rings. The summed E-state index contributed by atoms with van der Waals surface area (Å²) >= 11 is 0. The van der Waals surface area contributed by atoms with Gasteiger partial charge < -0.3 is 10.6 Å². The Bertz CT molecular complexity index is 1390. The van der Waals surface area contributed by atoms with Crippen LogP contribution in [0.25, 0.3) is 0 Å². The quantitative estimate of drug-likeness (QED) is 0.364. The van der Waals surface area contributed by atoms with Crippen LogP contribution in [0.3, 0.4) is 0 Å². The summed E-state index contributed by atoms with van der Waals surface area (Å²) in [5.74, 6) is -1.11. The fourth-order valence-electron chi connectivity index (χ4n) is 2.71. The number of halogens is 1. The topological polar surface area (TPSA) is 194 Å². The minimum atomic E-state index is -4.26. The van der Waals surface area contributed by atoms with E-state index in [-0.39, 0.29) is 17.5 Å². The molecule has 11 nitrogen and oxygen atoms in total. The molecule has 33 heavy (non-hydrogen) atoms. The number of nitriles is 1. The van der Waals surface area contributed by atoms with Gasteiger partial charge in [-0.2, -0.15) is 10.2 Å². The van der Waals surface area contributed by atoms with Crippen LogP contribution < -0.4 is 20.9 Å². The molecule has 14 heteroatoms. The van der Waals surface area contributed by atoms with Crippen molar-refractivity contribution >= 4 is 43.2 Å². The Kier molecular flexibility index (Phi) is 6.89. The highest BCUT2D eigenvalue weighted by molar-refractivity contribution is 7.90. The van der Waals surface area contributed by atoms with E-state index in [1.807, 2.05) is 0 Å². The van der Waals surface area contributed by atoms with Crippen molar-refractivity contribution in [2.45, 2.75) is 22.6 Å². The number of nitrogens with two attached hydrogens (primary N) is 2. The van der Waals surface area contributed by atoms with E-state index >= 15 is 0 Å². The van der Waals surface area contributed by atoms with Gasteiger partial charge in [0.05, 0.1) is 22.1 Å². The number of nitrogens with one attached hydrogen (secondary N) is 2.